The molecule has 2 aromatic rings. The van der Waals surface area contributed by atoms with E-state index in [1.165, 1.54) is 19.1 Å². The third-order valence-electron chi connectivity index (χ3n) is 3.85. The zero-order chi connectivity index (χ0) is 19.8. The van der Waals surface area contributed by atoms with Gasteiger partial charge in [-0.3, -0.25) is 9.59 Å². The number of ether oxygens (including phenoxy) is 1. The second-order valence-corrected chi connectivity index (χ2v) is 6.56. The van der Waals surface area contributed by atoms with Crippen LogP contribution in [0.5, 0.6) is 5.75 Å². The third kappa shape index (κ3) is 7.09. The summed E-state index contributed by atoms with van der Waals surface area (Å²) in [5, 5.41) is 2.81. The van der Waals surface area contributed by atoms with Gasteiger partial charge in [-0.05, 0) is 55.8 Å². The van der Waals surface area contributed by atoms with Crippen molar-refractivity contribution in [2.45, 2.75) is 39.8 Å². The maximum absolute atomic E-state index is 13.0. The Morgan fingerprint density at radius 1 is 1.07 bits per heavy atom. The van der Waals surface area contributed by atoms with Crippen LogP contribution in [0.15, 0.2) is 48.5 Å². The zero-order valence-electron chi connectivity index (χ0n) is 15.9. The van der Waals surface area contributed by atoms with E-state index in [1.54, 1.807) is 41.3 Å². The van der Waals surface area contributed by atoms with E-state index in [4.69, 9.17) is 4.74 Å². The van der Waals surface area contributed by atoms with Crippen LogP contribution in [0.25, 0.3) is 0 Å². The molecule has 0 aromatic heterocycles. The number of hydrogen-bond donors (Lipinski definition) is 1. The molecule has 0 aliphatic heterocycles. The van der Waals surface area contributed by atoms with Gasteiger partial charge in [-0.15, -0.1) is 0 Å². The number of nitrogens with one attached hydrogen (secondary N) is 1. The molecule has 0 bridgehead atoms. The second kappa shape index (κ2) is 9.71. The van der Waals surface area contributed by atoms with Gasteiger partial charge in [-0.2, -0.15) is 0 Å². The van der Waals surface area contributed by atoms with Gasteiger partial charge in [-0.1, -0.05) is 12.1 Å². The van der Waals surface area contributed by atoms with Crippen molar-refractivity contribution in [3.8, 4) is 5.75 Å². The van der Waals surface area contributed by atoms with Crippen molar-refractivity contribution >= 4 is 17.5 Å². The monoisotopic (exact) mass is 372 g/mol. The lowest BCUT2D eigenvalue weighted by Gasteiger charge is -2.21. The molecule has 0 heterocycles. The van der Waals surface area contributed by atoms with Crippen molar-refractivity contribution in [2.24, 2.45) is 0 Å². The summed E-state index contributed by atoms with van der Waals surface area (Å²) in [6, 6.07) is 13.1. The minimum Gasteiger partial charge on any atom is -0.491 e. The Labute approximate surface area is 159 Å². The number of halogens is 1. The molecule has 144 valence electrons. The lowest BCUT2D eigenvalue weighted by molar-refractivity contribution is -0.129. The average Bonchev–Trinajstić information content (AvgIpc) is 2.61. The summed E-state index contributed by atoms with van der Waals surface area (Å²) in [6.45, 7) is 5.97. The molecule has 0 aliphatic rings. The first-order valence-corrected chi connectivity index (χ1v) is 8.90. The summed E-state index contributed by atoms with van der Waals surface area (Å²) in [4.78, 5) is 25.5. The predicted octanol–water partition coefficient (Wildman–Crippen LogP) is 3.99. The van der Waals surface area contributed by atoms with Crippen LogP contribution < -0.4 is 10.1 Å². The fourth-order valence-corrected chi connectivity index (χ4v) is 2.51. The minimum absolute atomic E-state index is 0.0871. The van der Waals surface area contributed by atoms with Crippen LogP contribution in [0.1, 0.15) is 32.8 Å². The Kier molecular flexibility index (Phi) is 7.34. The summed E-state index contributed by atoms with van der Waals surface area (Å²) in [5.74, 6) is 0.0996. The molecular weight excluding hydrogens is 347 g/mol. The van der Waals surface area contributed by atoms with Crippen molar-refractivity contribution in [3.63, 3.8) is 0 Å². The first-order chi connectivity index (χ1) is 12.8. The van der Waals surface area contributed by atoms with Gasteiger partial charge in [-0.25, -0.2) is 4.39 Å². The van der Waals surface area contributed by atoms with E-state index in [9.17, 15) is 14.0 Å². The van der Waals surface area contributed by atoms with E-state index in [-0.39, 0.29) is 36.7 Å². The van der Waals surface area contributed by atoms with Crippen molar-refractivity contribution in [3.05, 3.63) is 59.9 Å². The van der Waals surface area contributed by atoms with Gasteiger partial charge in [0.05, 0.1) is 6.10 Å². The number of benzene rings is 2. The normalized spacial score (nSPS) is 10.6. The highest BCUT2D eigenvalue weighted by Crippen LogP contribution is 2.17. The smallest absolute Gasteiger partial charge is 0.226 e. The number of carbonyl (C=O) groups is 2. The Morgan fingerprint density at radius 2 is 1.70 bits per heavy atom. The van der Waals surface area contributed by atoms with Crippen LogP contribution in [-0.4, -0.2) is 29.4 Å². The fraction of sp³-hybridized carbons (Fsp3) is 0.333. The summed E-state index contributed by atoms with van der Waals surface area (Å²) < 4.78 is 18.6. The van der Waals surface area contributed by atoms with E-state index in [2.05, 4.69) is 5.32 Å². The largest absolute Gasteiger partial charge is 0.491 e. The summed E-state index contributed by atoms with van der Waals surface area (Å²) >= 11 is 0. The van der Waals surface area contributed by atoms with Crippen LogP contribution >= 0.6 is 0 Å². The molecular formula is C21H25FN2O3. The van der Waals surface area contributed by atoms with Crippen molar-refractivity contribution in [1.82, 2.24) is 4.90 Å². The summed E-state index contributed by atoms with van der Waals surface area (Å²) in [7, 11) is 0. The van der Waals surface area contributed by atoms with Crippen LogP contribution in [0.4, 0.5) is 10.1 Å². The SMILES string of the molecule is CC(=O)N(CCC(=O)Nc1ccc(OC(C)C)cc1)Cc1ccc(F)cc1. The van der Waals surface area contributed by atoms with Gasteiger partial charge in [0.25, 0.3) is 0 Å². The summed E-state index contributed by atoms with van der Waals surface area (Å²) in [6.07, 6.45) is 0.259. The first-order valence-electron chi connectivity index (χ1n) is 8.90. The number of hydrogen-bond acceptors (Lipinski definition) is 3. The van der Waals surface area contributed by atoms with Gasteiger partial charge in [0.2, 0.25) is 11.8 Å². The molecule has 0 spiro atoms. The maximum atomic E-state index is 13.0. The van der Waals surface area contributed by atoms with Gasteiger partial charge in [0.15, 0.2) is 0 Å². The topological polar surface area (TPSA) is 58.6 Å². The van der Waals surface area contributed by atoms with E-state index in [1.807, 2.05) is 13.8 Å². The quantitative estimate of drug-likeness (QED) is 0.762. The van der Waals surface area contributed by atoms with Crippen LogP contribution in [0, 0.1) is 5.82 Å². The number of nitrogens with zero attached hydrogens (tertiary/aromatic N) is 1. The van der Waals surface area contributed by atoms with E-state index in [0.717, 1.165) is 11.3 Å². The molecule has 0 aliphatic carbocycles. The van der Waals surface area contributed by atoms with Crippen molar-refractivity contribution in [2.75, 3.05) is 11.9 Å². The standard InChI is InChI=1S/C21H25FN2O3/c1-15(2)27-20-10-8-19(9-11-20)23-21(26)12-13-24(16(3)25)14-17-4-6-18(22)7-5-17/h4-11,15H,12-14H2,1-3H3,(H,23,26). The Balaban J connectivity index is 1.86. The Morgan fingerprint density at radius 3 is 2.26 bits per heavy atom. The maximum Gasteiger partial charge on any atom is 0.226 e. The average molecular weight is 372 g/mol. The highest BCUT2D eigenvalue weighted by Gasteiger charge is 2.12. The fourth-order valence-electron chi connectivity index (χ4n) is 2.51. The van der Waals surface area contributed by atoms with Crippen LogP contribution in [0.3, 0.4) is 0 Å². The molecule has 2 aromatic carbocycles. The molecule has 0 atom stereocenters. The number of amides is 2. The van der Waals surface area contributed by atoms with Gasteiger partial charge in [0, 0.05) is 32.1 Å². The Hall–Kier alpha value is -2.89. The van der Waals surface area contributed by atoms with Gasteiger partial charge < -0.3 is 15.0 Å². The molecule has 2 amide bonds. The second-order valence-electron chi connectivity index (χ2n) is 6.56. The highest BCUT2D eigenvalue weighted by molar-refractivity contribution is 5.91. The molecule has 5 nitrogen and oxygen atoms in total. The molecule has 0 unspecified atom stereocenters. The molecule has 0 radical (unpaired) electrons. The number of carbonyl (C=O) groups excluding carboxylic acids is 2. The van der Waals surface area contributed by atoms with E-state index in [0.29, 0.717) is 12.2 Å². The van der Waals surface area contributed by atoms with Crippen molar-refractivity contribution in [1.29, 1.82) is 0 Å². The summed E-state index contributed by atoms with van der Waals surface area (Å²) in [5.41, 5.74) is 1.48. The lowest BCUT2D eigenvalue weighted by atomic mass is 10.2. The van der Waals surface area contributed by atoms with E-state index < -0.39 is 0 Å². The molecule has 27 heavy (non-hydrogen) atoms. The van der Waals surface area contributed by atoms with Crippen LogP contribution in [0.2, 0.25) is 0 Å². The van der Waals surface area contributed by atoms with Crippen molar-refractivity contribution < 1.29 is 18.7 Å². The molecule has 0 saturated carbocycles. The number of anilines is 1. The van der Waals surface area contributed by atoms with E-state index >= 15 is 0 Å². The molecule has 0 saturated heterocycles. The zero-order valence-corrected chi connectivity index (χ0v) is 15.9. The lowest BCUT2D eigenvalue weighted by Crippen LogP contribution is -2.31. The minimum atomic E-state index is -0.322. The highest BCUT2D eigenvalue weighted by atomic mass is 19.1. The molecule has 6 heteroatoms. The van der Waals surface area contributed by atoms with Gasteiger partial charge in [0.1, 0.15) is 11.6 Å². The van der Waals surface area contributed by atoms with Gasteiger partial charge >= 0.3 is 0 Å². The van der Waals surface area contributed by atoms with Crippen LogP contribution in [-0.2, 0) is 16.1 Å². The first kappa shape index (κ1) is 20.4. The third-order valence-corrected chi connectivity index (χ3v) is 3.85. The molecule has 2 rings (SSSR count). The Bertz CT molecular complexity index is 758. The number of rotatable bonds is 8. The predicted molar refractivity (Wildman–Crippen MR) is 103 cm³/mol. The molecule has 1 N–H and O–H groups in total. The molecule has 0 fully saturated rings.